The Morgan fingerprint density at radius 3 is 2.33 bits per heavy atom. The molecule has 0 saturated heterocycles. The molecule has 0 fully saturated rings. The maximum atomic E-state index is 13.5. The van der Waals surface area contributed by atoms with Gasteiger partial charge >= 0.3 is 0 Å². The van der Waals surface area contributed by atoms with Crippen molar-refractivity contribution in [3.63, 3.8) is 0 Å². The van der Waals surface area contributed by atoms with E-state index in [0.717, 1.165) is 18.2 Å². The highest BCUT2D eigenvalue weighted by Gasteiger charge is 2.18. The number of ether oxygens (including phenoxy) is 1. The maximum absolute atomic E-state index is 13.5. The Labute approximate surface area is 126 Å². The lowest BCUT2D eigenvalue weighted by atomic mass is 9.95. The van der Waals surface area contributed by atoms with E-state index in [1.807, 2.05) is 0 Å². The molecule has 0 radical (unpaired) electrons. The van der Waals surface area contributed by atoms with Gasteiger partial charge in [-0.2, -0.15) is 0 Å². The zero-order valence-corrected chi connectivity index (χ0v) is 12.3. The molecule has 0 spiro atoms. The van der Waals surface area contributed by atoms with Gasteiger partial charge in [0.1, 0.15) is 17.4 Å². The molecule has 0 N–H and O–H groups in total. The topological polar surface area (TPSA) is 26.3 Å². The summed E-state index contributed by atoms with van der Waals surface area (Å²) in [4.78, 5) is 11.4. The average Bonchev–Trinajstić information content (AvgIpc) is 2.41. The molecule has 0 bridgehead atoms. The van der Waals surface area contributed by atoms with E-state index < -0.39 is 11.6 Å². The third-order valence-electron chi connectivity index (χ3n) is 3.10. The predicted molar refractivity (Wildman–Crippen MR) is 78.1 cm³/mol. The molecule has 2 aromatic rings. The van der Waals surface area contributed by atoms with Crippen molar-refractivity contribution in [3.8, 4) is 16.9 Å². The van der Waals surface area contributed by atoms with Gasteiger partial charge in [0.25, 0.3) is 0 Å². The minimum Gasteiger partial charge on any atom is -0.493 e. The van der Waals surface area contributed by atoms with Crippen LogP contribution >= 0.6 is 11.6 Å². The van der Waals surface area contributed by atoms with E-state index >= 15 is 0 Å². The number of hydrogen-bond donors (Lipinski definition) is 0. The van der Waals surface area contributed by atoms with Gasteiger partial charge in [0.2, 0.25) is 0 Å². The summed E-state index contributed by atoms with van der Waals surface area (Å²) in [6.45, 7) is 3.77. The van der Waals surface area contributed by atoms with Crippen LogP contribution in [0.1, 0.15) is 22.8 Å². The lowest BCUT2D eigenvalue weighted by Crippen LogP contribution is -2.01. The molecule has 5 heteroatoms. The Morgan fingerprint density at radius 2 is 1.81 bits per heavy atom. The molecule has 0 unspecified atom stereocenters. The third-order valence-corrected chi connectivity index (χ3v) is 3.50. The van der Waals surface area contributed by atoms with Gasteiger partial charge < -0.3 is 4.74 Å². The molecule has 2 rings (SSSR count). The van der Waals surface area contributed by atoms with Crippen LogP contribution in [0.2, 0.25) is 5.02 Å². The van der Waals surface area contributed by atoms with E-state index in [1.165, 1.54) is 0 Å². The normalized spacial score (nSPS) is 10.5. The predicted octanol–water partition coefficient (Wildman–Crippen LogP) is 4.80. The van der Waals surface area contributed by atoms with Crippen molar-refractivity contribution in [3.05, 3.63) is 52.0 Å². The first-order valence-electron chi connectivity index (χ1n) is 6.35. The second-order valence-corrected chi connectivity index (χ2v) is 4.89. The number of carbonyl (C=O) groups excluding carboxylic acids is 1. The monoisotopic (exact) mass is 310 g/mol. The van der Waals surface area contributed by atoms with Crippen molar-refractivity contribution >= 4 is 17.9 Å². The molecule has 0 aliphatic rings. The minimum atomic E-state index is -0.725. The summed E-state index contributed by atoms with van der Waals surface area (Å²) in [5.74, 6) is -1.13. The Morgan fingerprint density at radius 1 is 1.19 bits per heavy atom. The molecule has 0 amide bonds. The van der Waals surface area contributed by atoms with Crippen molar-refractivity contribution in [2.75, 3.05) is 6.61 Å². The summed E-state index contributed by atoms with van der Waals surface area (Å²) in [6.07, 6.45) is 0.613. The van der Waals surface area contributed by atoms with Crippen molar-refractivity contribution < 1.29 is 18.3 Å². The minimum absolute atomic E-state index is 0.234. The molecular formula is C16H13ClF2O2. The Hall–Kier alpha value is -1.94. The van der Waals surface area contributed by atoms with E-state index in [4.69, 9.17) is 16.3 Å². The Kier molecular flexibility index (Phi) is 4.58. The van der Waals surface area contributed by atoms with Gasteiger partial charge in [-0.1, -0.05) is 11.6 Å². The molecule has 0 heterocycles. The second kappa shape index (κ2) is 6.22. The van der Waals surface area contributed by atoms with Crippen LogP contribution in [0.25, 0.3) is 11.1 Å². The van der Waals surface area contributed by atoms with Crippen LogP contribution in [0.15, 0.2) is 24.3 Å². The van der Waals surface area contributed by atoms with E-state index in [1.54, 1.807) is 19.9 Å². The van der Waals surface area contributed by atoms with Gasteiger partial charge in [0.15, 0.2) is 6.29 Å². The molecule has 2 nitrogen and oxygen atoms in total. The van der Waals surface area contributed by atoms with Crippen LogP contribution in [0.3, 0.4) is 0 Å². The van der Waals surface area contributed by atoms with Crippen molar-refractivity contribution in [2.45, 2.75) is 13.8 Å². The van der Waals surface area contributed by atoms with E-state index in [-0.39, 0.29) is 11.1 Å². The fraction of sp³-hybridized carbons (Fsp3) is 0.188. The quantitative estimate of drug-likeness (QED) is 0.758. The van der Waals surface area contributed by atoms with Crippen LogP contribution in [-0.2, 0) is 0 Å². The largest absolute Gasteiger partial charge is 0.493 e. The number of carbonyl (C=O) groups is 1. The van der Waals surface area contributed by atoms with Gasteiger partial charge in [0.05, 0.1) is 6.61 Å². The Balaban J connectivity index is 2.81. The SMILES string of the molecule is CCOc1cc(Cl)c(C)c(C=O)c1-c1cc(F)cc(F)c1. The van der Waals surface area contributed by atoms with Crippen LogP contribution in [0.5, 0.6) is 5.75 Å². The summed E-state index contributed by atoms with van der Waals surface area (Å²) < 4.78 is 32.4. The number of rotatable bonds is 4. The first-order valence-corrected chi connectivity index (χ1v) is 6.73. The summed E-state index contributed by atoms with van der Waals surface area (Å²) in [7, 11) is 0. The fourth-order valence-electron chi connectivity index (χ4n) is 2.16. The van der Waals surface area contributed by atoms with Crippen molar-refractivity contribution in [1.29, 1.82) is 0 Å². The average molecular weight is 311 g/mol. The van der Waals surface area contributed by atoms with Gasteiger partial charge in [-0.3, -0.25) is 4.79 Å². The highest BCUT2D eigenvalue weighted by Crippen LogP contribution is 2.38. The smallest absolute Gasteiger partial charge is 0.151 e. The zero-order valence-electron chi connectivity index (χ0n) is 11.5. The summed E-state index contributed by atoms with van der Waals surface area (Å²) >= 11 is 6.07. The second-order valence-electron chi connectivity index (χ2n) is 4.48. The molecule has 110 valence electrons. The molecule has 21 heavy (non-hydrogen) atoms. The third kappa shape index (κ3) is 3.05. The van der Waals surface area contributed by atoms with Gasteiger partial charge in [-0.05, 0) is 43.2 Å². The highest BCUT2D eigenvalue weighted by atomic mass is 35.5. The molecule has 0 saturated carbocycles. The van der Waals surface area contributed by atoms with E-state index in [0.29, 0.717) is 34.8 Å². The number of halogens is 3. The lowest BCUT2D eigenvalue weighted by Gasteiger charge is -2.16. The first-order chi connectivity index (χ1) is 9.97. The van der Waals surface area contributed by atoms with Crippen LogP contribution in [0.4, 0.5) is 8.78 Å². The molecule has 0 aromatic heterocycles. The zero-order chi connectivity index (χ0) is 15.6. The standard InChI is InChI=1S/C16H13ClF2O2/c1-3-21-15-7-14(17)9(2)13(8-20)16(15)10-4-11(18)6-12(19)5-10/h4-8H,3H2,1-2H3. The van der Waals surface area contributed by atoms with E-state index in [2.05, 4.69) is 0 Å². The highest BCUT2D eigenvalue weighted by molar-refractivity contribution is 6.32. The molecular weight excluding hydrogens is 298 g/mol. The molecule has 0 aliphatic heterocycles. The van der Waals surface area contributed by atoms with Crippen molar-refractivity contribution in [2.24, 2.45) is 0 Å². The number of hydrogen-bond acceptors (Lipinski definition) is 2. The maximum Gasteiger partial charge on any atom is 0.151 e. The summed E-state index contributed by atoms with van der Waals surface area (Å²) in [6, 6.07) is 4.63. The first kappa shape index (κ1) is 15.4. The molecule has 0 aliphatic carbocycles. The molecule has 0 atom stereocenters. The van der Waals surface area contributed by atoms with Crippen LogP contribution in [0, 0.1) is 18.6 Å². The summed E-state index contributed by atoms with van der Waals surface area (Å²) in [5, 5.41) is 0.362. The Bertz CT molecular complexity index is 679. The van der Waals surface area contributed by atoms with E-state index in [9.17, 15) is 13.6 Å². The van der Waals surface area contributed by atoms with Gasteiger partial charge in [-0.25, -0.2) is 8.78 Å². The number of benzene rings is 2. The fourth-order valence-corrected chi connectivity index (χ4v) is 2.36. The van der Waals surface area contributed by atoms with Crippen LogP contribution in [-0.4, -0.2) is 12.9 Å². The lowest BCUT2D eigenvalue weighted by molar-refractivity contribution is 0.112. The summed E-state index contributed by atoms with van der Waals surface area (Å²) in [5.41, 5.74) is 1.37. The van der Waals surface area contributed by atoms with Crippen molar-refractivity contribution in [1.82, 2.24) is 0 Å². The van der Waals surface area contributed by atoms with Crippen LogP contribution < -0.4 is 4.74 Å². The molecule has 2 aromatic carbocycles. The van der Waals surface area contributed by atoms with Gasteiger partial charge in [0, 0.05) is 22.2 Å². The van der Waals surface area contributed by atoms with Gasteiger partial charge in [-0.15, -0.1) is 0 Å². The number of aldehydes is 1.